The molecule has 0 atom stereocenters. The molecule has 0 unspecified atom stereocenters. The van der Waals surface area contributed by atoms with Gasteiger partial charge in [-0.25, -0.2) is 0 Å². The molecule has 1 aliphatic rings. The predicted octanol–water partition coefficient (Wildman–Crippen LogP) is 3.27. The highest BCUT2D eigenvalue weighted by molar-refractivity contribution is 6.30. The monoisotopic (exact) mass is 395 g/mol. The minimum absolute atomic E-state index is 0.0597. The van der Waals surface area contributed by atoms with Crippen LogP contribution in [0.15, 0.2) is 60.8 Å². The summed E-state index contributed by atoms with van der Waals surface area (Å²) in [5, 5.41) is 9.36. The minimum atomic E-state index is -0.0597. The molecule has 2 aromatic carbocycles. The maximum atomic E-state index is 12.9. The molecule has 2 heterocycles. The number of amides is 1. The van der Waals surface area contributed by atoms with Gasteiger partial charge in [0, 0.05) is 37.7 Å². The third kappa shape index (κ3) is 4.40. The molecule has 6 nitrogen and oxygen atoms in total. The van der Waals surface area contributed by atoms with Crippen LogP contribution in [0.2, 0.25) is 5.02 Å². The van der Waals surface area contributed by atoms with Crippen LogP contribution in [0.1, 0.15) is 22.5 Å². The Balaban J connectivity index is 1.38. The summed E-state index contributed by atoms with van der Waals surface area (Å²) >= 11 is 5.96. The van der Waals surface area contributed by atoms with Gasteiger partial charge >= 0.3 is 0 Å². The molecule has 1 saturated heterocycles. The first kappa shape index (κ1) is 18.7. The van der Waals surface area contributed by atoms with Crippen LogP contribution >= 0.6 is 11.6 Å². The van der Waals surface area contributed by atoms with E-state index in [1.165, 1.54) is 10.4 Å². The third-order valence-corrected chi connectivity index (χ3v) is 5.15. The highest BCUT2D eigenvalue weighted by Gasteiger charge is 2.22. The molecule has 7 heteroatoms. The average molecular weight is 396 g/mol. The molecule has 0 N–H and O–H groups in total. The third-order valence-electron chi connectivity index (χ3n) is 4.89. The average Bonchev–Trinajstić information content (AvgIpc) is 3.11. The second-order valence-corrected chi connectivity index (χ2v) is 7.34. The Labute approximate surface area is 169 Å². The fourth-order valence-corrected chi connectivity index (χ4v) is 3.51. The summed E-state index contributed by atoms with van der Waals surface area (Å²) in [6.07, 6.45) is 2.48. The van der Waals surface area contributed by atoms with E-state index < -0.39 is 0 Å². The van der Waals surface area contributed by atoms with Crippen LogP contribution in [0.25, 0.3) is 5.69 Å². The van der Waals surface area contributed by atoms with Gasteiger partial charge in [0.2, 0.25) is 0 Å². The molecule has 0 bridgehead atoms. The Bertz CT molecular complexity index is 925. The number of hydrogen-bond acceptors (Lipinski definition) is 4. The first-order chi connectivity index (χ1) is 13.7. The molecule has 0 radical (unpaired) electrons. The molecular weight excluding hydrogens is 374 g/mol. The highest BCUT2D eigenvalue weighted by atomic mass is 35.5. The molecule has 1 amide bonds. The highest BCUT2D eigenvalue weighted by Crippen LogP contribution is 2.14. The first-order valence-corrected chi connectivity index (χ1v) is 9.81. The van der Waals surface area contributed by atoms with Crippen LogP contribution in [0.4, 0.5) is 0 Å². The maximum Gasteiger partial charge on any atom is 0.276 e. The van der Waals surface area contributed by atoms with Crippen LogP contribution in [0.3, 0.4) is 0 Å². The number of hydrogen-bond donors (Lipinski definition) is 0. The minimum Gasteiger partial charge on any atom is -0.336 e. The van der Waals surface area contributed by atoms with E-state index >= 15 is 0 Å². The topological polar surface area (TPSA) is 54.3 Å². The van der Waals surface area contributed by atoms with Crippen molar-refractivity contribution in [2.75, 3.05) is 26.2 Å². The summed E-state index contributed by atoms with van der Waals surface area (Å²) in [6.45, 7) is 4.08. The molecule has 0 spiro atoms. The van der Waals surface area contributed by atoms with Gasteiger partial charge in [0.1, 0.15) is 0 Å². The summed E-state index contributed by atoms with van der Waals surface area (Å²) in [5.41, 5.74) is 2.46. The lowest BCUT2D eigenvalue weighted by Gasteiger charge is -2.21. The number of carbonyl (C=O) groups excluding carboxylic acids is 1. The van der Waals surface area contributed by atoms with Gasteiger partial charge in [-0.2, -0.15) is 9.90 Å². The number of para-hydroxylation sites is 1. The molecule has 0 aliphatic carbocycles. The lowest BCUT2D eigenvalue weighted by Crippen LogP contribution is -2.35. The molecule has 1 fully saturated rings. The molecular formula is C21H22ClN5O. The zero-order chi connectivity index (χ0) is 19.3. The van der Waals surface area contributed by atoms with Gasteiger partial charge in [-0.05, 0) is 36.2 Å². The standard InChI is InChI=1S/C21H22ClN5O/c22-18-9-7-17(8-10-18)16-25-11-4-12-26(14-13-25)21(28)20-15-23-27(24-20)19-5-2-1-3-6-19/h1-3,5-10,15H,4,11-14,16H2. The van der Waals surface area contributed by atoms with Crippen LogP contribution in [0, 0.1) is 0 Å². The summed E-state index contributed by atoms with van der Waals surface area (Å²) in [7, 11) is 0. The fourth-order valence-electron chi connectivity index (χ4n) is 3.39. The van der Waals surface area contributed by atoms with Crippen molar-refractivity contribution in [1.82, 2.24) is 24.8 Å². The lowest BCUT2D eigenvalue weighted by atomic mass is 10.2. The van der Waals surface area contributed by atoms with E-state index in [2.05, 4.69) is 27.2 Å². The van der Waals surface area contributed by atoms with Crippen molar-refractivity contribution >= 4 is 17.5 Å². The molecule has 3 aromatic rings. The van der Waals surface area contributed by atoms with E-state index in [1.807, 2.05) is 47.4 Å². The Morgan fingerprint density at radius 2 is 1.75 bits per heavy atom. The smallest absolute Gasteiger partial charge is 0.276 e. The molecule has 4 rings (SSSR count). The van der Waals surface area contributed by atoms with Crippen molar-refractivity contribution in [2.45, 2.75) is 13.0 Å². The Kier molecular flexibility index (Phi) is 5.69. The van der Waals surface area contributed by atoms with E-state index in [9.17, 15) is 4.79 Å². The van der Waals surface area contributed by atoms with Crippen molar-refractivity contribution in [3.05, 3.63) is 77.1 Å². The molecule has 144 valence electrons. The van der Waals surface area contributed by atoms with Crippen LogP contribution in [0.5, 0.6) is 0 Å². The summed E-state index contributed by atoms with van der Waals surface area (Å²) in [6, 6.07) is 17.5. The largest absolute Gasteiger partial charge is 0.336 e. The van der Waals surface area contributed by atoms with Gasteiger partial charge in [0.15, 0.2) is 5.69 Å². The van der Waals surface area contributed by atoms with E-state index in [0.717, 1.165) is 43.3 Å². The van der Waals surface area contributed by atoms with Crippen molar-refractivity contribution in [2.24, 2.45) is 0 Å². The van der Waals surface area contributed by atoms with Crippen LogP contribution < -0.4 is 0 Å². The van der Waals surface area contributed by atoms with Gasteiger partial charge < -0.3 is 4.90 Å². The normalized spacial score (nSPS) is 15.4. The van der Waals surface area contributed by atoms with Gasteiger partial charge in [-0.3, -0.25) is 9.69 Å². The number of carbonyl (C=O) groups is 1. The Morgan fingerprint density at radius 1 is 0.964 bits per heavy atom. The zero-order valence-electron chi connectivity index (χ0n) is 15.5. The van der Waals surface area contributed by atoms with Crippen molar-refractivity contribution in [3.63, 3.8) is 0 Å². The van der Waals surface area contributed by atoms with Crippen molar-refractivity contribution in [1.29, 1.82) is 0 Å². The lowest BCUT2D eigenvalue weighted by molar-refractivity contribution is 0.0754. The predicted molar refractivity (Wildman–Crippen MR) is 109 cm³/mol. The Morgan fingerprint density at radius 3 is 2.54 bits per heavy atom. The Hall–Kier alpha value is -2.70. The van der Waals surface area contributed by atoms with Gasteiger partial charge in [-0.15, -0.1) is 5.10 Å². The van der Waals surface area contributed by atoms with E-state index in [4.69, 9.17) is 11.6 Å². The van der Waals surface area contributed by atoms with Crippen molar-refractivity contribution < 1.29 is 4.79 Å². The van der Waals surface area contributed by atoms with Crippen LogP contribution in [-0.2, 0) is 6.54 Å². The van der Waals surface area contributed by atoms with E-state index in [0.29, 0.717) is 12.2 Å². The quantitative estimate of drug-likeness (QED) is 0.680. The first-order valence-electron chi connectivity index (χ1n) is 9.43. The molecule has 1 aliphatic heterocycles. The summed E-state index contributed by atoms with van der Waals surface area (Å²) in [4.78, 5) is 18.6. The number of halogens is 1. The number of rotatable bonds is 4. The van der Waals surface area contributed by atoms with Gasteiger partial charge in [-0.1, -0.05) is 41.9 Å². The number of aromatic nitrogens is 3. The van der Waals surface area contributed by atoms with E-state index in [-0.39, 0.29) is 5.91 Å². The maximum absolute atomic E-state index is 12.9. The molecule has 28 heavy (non-hydrogen) atoms. The number of benzene rings is 2. The van der Waals surface area contributed by atoms with Gasteiger partial charge in [0.25, 0.3) is 5.91 Å². The SMILES string of the molecule is O=C(c1cnn(-c2ccccc2)n1)N1CCCN(Cc2ccc(Cl)cc2)CC1. The second-order valence-electron chi connectivity index (χ2n) is 6.90. The second kappa shape index (κ2) is 8.54. The van der Waals surface area contributed by atoms with Crippen LogP contribution in [-0.4, -0.2) is 56.9 Å². The number of nitrogens with zero attached hydrogens (tertiary/aromatic N) is 5. The van der Waals surface area contributed by atoms with E-state index in [1.54, 1.807) is 6.20 Å². The summed E-state index contributed by atoms with van der Waals surface area (Å²) in [5.74, 6) is -0.0597. The van der Waals surface area contributed by atoms with Gasteiger partial charge in [0.05, 0.1) is 11.9 Å². The van der Waals surface area contributed by atoms with Crippen molar-refractivity contribution in [3.8, 4) is 5.69 Å². The summed E-state index contributed by atoms with van der Waals surface area (Å²) < 4.78 is 0. The molecule has 0 saturated carbocycles. The zero-order valence-corrected chi connectivity index (χ0v) is 16.3. The molecule has 1 aromatic heterocycles. The fraction of sp³-hybridized carbons (Fsp3) is 0.286.